The zero-order valence-electron chi connectivity index (χ0n) is 14.0. The van der Waals surface area contributed by atoms with Crippen molar-refractivity contribution < 1.29 is 9.18 Å². The average Bonchev–Trinajstić information content (AvgIpc) is 2.95. The Kier molecular flexibility index (Phi) is 5.53. The quantitative estimate of drug-likeness (QED) is 0.669. The van der Waals surface area contributed by atoms with E-state index in [1.54, 1.807) is 17.1 Å². The molecule has 1 amide bonds. The maximum atomic E-state index is 13.2. The zero-order valence-corrected chi connectivity index (χ0v) is 15.6. The van der Waals surface area contributed by atoms with Crippen molar-refractivity contribution in [2.75, 3.05) is 11.1 Å². The molecule has 0 saturated heterocycles. The summed E-state index contributed by atoms with van der Waals surface area (Å²) in [6.07, 6.45) is 3.14. The molecule has 0 saturated carbocycles. The van der Waals surface area contributed by atoms with Gasteiger partial charge in [-0.05, 0) is 38.1 Å². The van der Waals surface area contributed by atoms with E-state index in [1.807, 2.05) is 19.9 Å². The molecule has 2 aromatic heterocycles. The molecular weight excluding hydrogens is 377 g/mol. The normalized spacial score (nSPS) is 10.8. The molecule has 0 unspecified atom stereocenters. The first-order chi connectivity index (χ1) is 12.4. The fourth-order valence-corrected chi connectivity index (χ4v) is 3.24. The van der Waals surface area contributed by atoms with Gasteiger partial charge in [-0.15, -0.1) is 0 Å². The van der Waals surface area contributed by atoms with Gasteiger partial charge in [0.15, 0.2) is 5.82 Å². The van der Waals surface area contributed by atoms with Crippen LogP contribution in [0, 0.1) is 19.7 Å². The highest BCUT2D eigenvalue weighted by Gasteiger charge is 2.14. The minimum atomic E-state index is -0.534. The molecule has 3 aromatic rings. The summed E-state index contributed by atoms with van der Waals surface area (Å²) in [6, 6.07) is 5.96. The number of aryl methyl sites for hydroxylation is 2. The first-order valence-electron chi connectivity index (χ1n) is 7.66. The van der Waals surface area contributed by atoms with Crippen LogP contribution in [0.25, 0.3) is 5.82 Å². The molecule has 0 aliphatic rings. The van der Waals surface area contributed by atoms with Gasteiger partial charge in [-0.25, -0.2) is 19.0 Å². The van der Waals surface area contributed by atoms with Gasteiger partial charge in [-0.3, -0.25) is 4.79 Å². The highest BCUT2D eigenvalue weighted by Crippen LogP contribution is 2.24. The maximum absolute atomic E-state index is 13.2. The fourth-order valence-electron chi connectivity index (χ4n) is 2.31. The molecule has 6 nitrogen and oxygen atoms in total. The molecule has 3 rings (SSSR count). The molecule has 0 atom stereocenters. The Morgan fingerprint density at radius 1 is 1.27 bits per heavy atom. The van der Waals surface area contributed by atoms with Crippen LogP contribution in [0.15, 0.2) is 41.7 Å². The van der Waals surface area contributed by atoms with Crippen molar-refractivity contribution in [3.8, 4) is 5.82 Å². The Hall–Kier alpha value is -2.45. The molecule has 26 heavy (non-hydrogen) atoms. The van der Waals surface area contributed by atoms with Crippen LogP contribution in [0.3, 0.4) is 0 Å². The van der Waals surface area contributed by atoms with Crippen molar-refractivity contribution in [1.82, 2.24) is 19.7 Å². The van der Waals surface area contributed by atoms with Crippen LogP contribution in [-0.4, -0.2) is 31.4 Å². The van der Waals surface area contributed by atoms with Crippen LogP contribution in [0.2, 0.25) is 5.02 Å². The number of rotatable bonds is 5. The first kappa shape index (κ1) is 18.3. The van der Waals surface area contributed by atoms with Gasteiger partial charge in [0, 0.05) is 23.8 Å². The van der Waals surface area contributed by atoms with Gasteiger partial charge < -0.3 is 5.32 Å². The lowest BCUT2D eigenvalue weighted by Gasteiger charge is -2.09. The van der Waals surface area contributed by atoms with Crippen LogP contribution in [-0.2, 0) is 4.79 Å². The van der Waals surface area contributed by atoms with Gasteiger partial charge in [0.2, 0.25) is 5.91 Å². The summed E-state index contributed by atoms with van der Waals surface area (Å²) in [6.45, 7) is 3.82. The lowest BCUT2D eigenvalue weighted by atomic mass is 10.3. The number of anilines is 1. The van der Waals surface area contributed by atoms with Gasteiger partial charge in [0.25, 0.3) is 0 Å². The second-order valence-corrected chi connectivity index (χ2v) is 6.86. The van der Waals surface area contributed by atoms with Crippen LogP contribution in [0.4, 0.5) is 10.1 Å². The predicted molar refractivity (Wildman–Crippen MR) is 99.4 cm³/mol. The average molecular weight is 392 g/mol. The number of hydrogen-bond acceptors (Lipinski definition) is 5. The third-order valence-electron chi connectivity index (χ3n) is 3.40. The molecule has 0 aliphatic heterocycles. The van der Waals surface area contributed by atoms with Gasteiger partial charge in [-0.1, -0.05) is 23.4 Å². The Morgan fingerprint density at radius 3 is 2.73 bits per heavy atom. The predicted octanol–water partition coefficient (Wildman–Crippen LogP) is 3.80. The molecule has 9 heteroatoms. The van der Waals surface area contributed by atoms with Crippen molar-refractivity contribution in [2.45, 2.75) is 18.9 Å². The van der Waals surface area contributed by atoms with Crippen LogP contribution in [0.1, 0.15) is 11.4 Å². The summed E-state index contributed by atoms with van der Waals surface area (Å²) in [5, 5.41) is 7.62. The van der Waals surface area contributed by atoms with E-state index in [2.05, 4.69) is 20.4 Å². The SMILES string of the molecule is Cc1cc(C)n(-c2nccnc2SCC(=O)Nc2ccc(F)c(Cl)c2)n1. The Bertz CT molecular complexity index is 962. The lowest BCUT2D eigenvalue weighted by molar-refractivity contribution is -0.113. The number of aromatic nitrogens is 4. The number of benzene rings is 1. The molecule has 0 spiro atoms. The highest BCUT2D eigenvalue weighted by atomic mass is 35.5. The first-order valence-corrected chi connectivity index (χ1v) is 9.03. The number of carbonyl (C=O) groups excluding carboxylic acids is 1. The molecule has 0 radical (unpaired) electrons. The lowest BCUT2D eigenvalue weighted by Crippen LogP contribution is -2.15. The minimum Gasteiger partial charge on any atom is -0.325 e. The second kappa shape index (κ2) is 7.84. The molecule has 0 aliphatic carbocycles. The van der Waals surface area contributed by atoms with Crippen molar-refractivity contribution in [3.63, 3.8) is 0 Å². The molecule has 1 aromatic carbocycles. The van der Waals surface area contributed by atoms with E-state index in [9.17, 15) is 9.18 Å². The van der Waals surface area contributed by atoms with E-state index in [0.717, 1.165) is 11.4 Å². The standard InChI is InChI=1S/C17H15ClFN5OS/c1-10-7-11(2)24(23-10)16-17(21-6-5-20-16)26-9-15(25)22-12-3-4-14(19)13(18)8-12/h3-8H,9H2,1-2H3,(H,22,25). The van der Waals surface area contributed by atoms with Crippen LogP contribution in [0.5, 0.6) is 0 Å². The van der Waals surface area contributed by atoms with E-state index in [0.29, 0.717) is 16.5 Å². The number of nitrogens with one attached hydrogen (secondary N) is 1. The molecular formula is C17H15ClFN5OS. The van der Waals surface area contributed by atoms with E-state index in [-0.39, 0.29) is 16.7 Å². The fraction of sp³-hybridized carbons (Fsp3) is 0.176. The van der Waals surface area contributed by atoms with Crippen molar-refractivity contribution in [2.24, 2.45) is 0 Å². The number of amides is 1. The monoisotopic (exact) mass is 391 g/mol. The smallest absolute Gasteiger partial charge is 0.234 e. The molecule has 2 heterocycles. The summed E-state index contributed by atoms with van der Waals surface area (Å²) in [4.78, 5) is 20.8. The largest absolute Gasteiger partial charge is 0.325 e. The second-order valence-electron chi connectivity index (χ2n) is 5.49. The summed E-state index contributed by atoms with van der Waals surface area (Å²) in [5.41, 5.74) is 2.23. The summed E-state index contributed by atoms with van der Waals surface area (Å²) < 4.78 is 14.9. The van der Waals surface area contributed by atoms with Gasteiger partial charge in [-0.2, -0.15) is 5.10 Å². The Morgan fingerprint density at radius 2 is 2.04 bits per heavy atom. The van der Waals surface area contributed by atoms with E-state index >= 15 is 0 Å². The highest BCUT2D eigenvalue weighted by molar-refractivity contribution is 8.00. The maximum Gasteiger partial charge on any atom is 0.234 e. The third kappa shape index (κ3) is 4.20. The number of nitrogens with zero attached hydrogens (tertiary/aromatic N) is 4. The van der Waals surface area contributed by atoms with E-state index < -0.39 is 5.82 Å². The summed E-state index contributed by atoms with van der Waals surface area (Å²) >= 11 is 6.96. The van der Waals surface area contributed by atoms with Gasteiger partial charge in [0.05, 0.1) is 16.5 Å². The zero-order chi connectivity index (χ0) is 18.7. The van der Waals surface area contributed by atoms with Crippen LogP contribution < -0.4 is 5.32 Å². The minimum absolute atomic E-state index is 0.0452. The van der Waals surface area contributed by atoms with E-state index in [4.69, 9.17) is 11.6 Å². The number of thioether (sulfide) groups is 1. The molecule has 0 bridgehead atoms. The third-order valence-corrected chi connectivity index (χ3v) is 4.66. The number of hydrogen-bond donors (Lipinski definition) is 1. The number of carbonyl (C=O) groups is 1. The molecule has 134 valence electrons. The van der Waals surface area contributed by atoms with Crippen LogP contribution >= 0.6 is 23.4 Å². The summed E-state index contributed by atoms with van der Waals surface area (Å²) in [7, 11) is 0. The van der Waals surface area contributed by atoms with Crippen molar-refractivity contribution >= 4 is 35.0 Å². The molecule has 0 fully saturated rings. The molecule has 1 N–H and O–H groups in total. The summed E-state index contributed by atoms with van der Waals surface area (Å²) in [5.74, 6) is -0.114. The van der Waals surface area contributed by atoms with E-state index in [1.165, 1.54) is 30.0 Å². The van der Waals surface area contributed by atoms with Gasteiger partial charge >= 0.3 is 0 Å². The Labute approximate surface area is 158 Å². The van der Waals surface area contributed by atoms with Crippen molar-refractivity contribution in [1.29, 1.82) is 0 Å². The Balaban J connectivity index is 1.71. The number of halogens is 2. The van der Waals surface area contributed by atoms with Crippen molar-refractivity contribution in [3.05, 3.63) is 58.9 Å². The van der Waals surface area contributed by atoms with Gasteiger partial charge in [0.1, 0.15) is 10.8 Å². The topological polar surface area (TPSA) is 72.7 Å².